The summed E-state index contributed by atoms with van der Waals surface area (Å²) in [7, 11) is 1.83. The van der Waals surface area contributed by atoms with Gasteiger partial charge in [-0.3, -0.25) is 4.79 Å². The summed E-state index contributed by atoms with van der Waals surface area (Å²) in [5, 5.41) is 30.7. The van der Waals surface area contributed by atoms with Crippen LogP contribution in [0.5, 0.6) is 5.75 Å². The van der Waals surface area contributed by atoms with Gasteiger partial charge in [0.25, 0.3) is 0 Å². The lowest BCUT2D eigenvalue weighted by atomic mass is 9.87. The number of hydrogen-bond acceptors (Lipinski definition) is 8. The van der Waals surface area contributed by atoms with Gasteiger partial charge in [-0.25, -0.2) is 9.67 Å². The molecule has 3 aromatic heterocycles. The number of carboxylic acids is 1. The summed E-state index contributed by atoms with van der Waals surface area (Å²) in [5.41, 5.74) is 2.88. The molecule has 11 heteroatoms. The van der Waals surface area contributed by atoms with Gasteiger partial charge in [-0.2, -0.15) is 4.80 Å². The zero-order valence-electron chi connectivity index (χ0n) is 20.2. The van der Waals surface area contributed by atoms with Gasteiger partial charge in [-0.05, 0) is 62.3 Å². The van der Waals surface area contributed by atoms with E-state index in [0.717, 1.165) is 42.9 Å². The van der Waals surface area contributed by atoms with Gasteiger partial charge in [-0.1, -0.05) is 19.1 Å². The number of ether oxygens (including phenoxy) is 1. The molecule has 3 heterocycles. The molecular weight excluding hydrogens is 436 g/mol. The number of hydrogen-bond donors (Lipinski definition) is 1. The molecule has 0 spiro atoms. The third-order valence-electron chi connectivity index (χ3n) is 6.22. The van der Waals surface area contributed by atoms with Crippen molar-refractivity contribution in [3.05, 3.63) is 29.3 Å². The van der Waals surface area contributed by atoms with E-state index >= 15 is 0 Å². The third kappa shape index (κ3) is 5.57. The molecule has 34 heavy (non-hydrogen) atoms. The van der Waals surface area contributed by atoms with Crippen molar-refractivity contribution in [2.24, 2.45) is 18.9 Å². The average molecular weight is 469 g/mol. The summed E-state index contributed by atoms with van der Waals surface area (Å²) in [5.74, 6) is 0.886. The first-order chi connectivity index (χ1) is 16.3. The van der Waals surface area contributed by atoms with Gasteiger partial charge >= 0.3 is 5.97 Å². The van der Waals surface area contributed by atoms with Gasteiger partial charge in [-0.15, -0.1) is 15.3 Å². The maximum Gasteiger partial charge on any atom is 0.306 e. The number of aromatic nitrogens is 8. The number of rotatable bonds is 9. The minimum atomic E-state index is -0.748. The van der Waals surface area contributed by atoms with Crippen molar-refractivity contribution in [1.82, 2.24) is 40.2 Å². The second-order valence-corrected chi connectivity index (χ2v) is 9.40. The van der Waals surface area contributed by atoms with E-state index in [4.69, 9.17) is 9.72 Å². The number of carbonyl (C=O) groups is 1. The van der Waals surface area contributed by atoms with Crippen LogP contribution in [0.15, 0.2) is 12.1 Å². The van der Waals surface area contributed by atoms with Crippen molar-refractivity contribution in [2.45, 2.75) is 71.9 Å². The van der Waals surface area contributed by atoms with E-state index in [9.17, 15) is 9.90 Å². The van der Waals surface area contributed by atoms with Crippen LogP contribution in [0.4, 0.5) is 0 Å². The lowest BCUT2D eigenvalue weighted by Crippen LogP contribution is -2.29. The highest BCUT2D eigenvalue weighted by Crippen LogP contribution is 2.30. The van der Waals surface area contributed by atoms with Crippen LogP contribution in [-0.4, -0.2) is 57.4 Å². The second kappa shape index (κ2) is 10.3. The van der Waals surface area contributed by atoms with Gasteiger partial charge < -0.3 is 9.84 Å². The largest absolute Gasteiger partial charge is 0.489 e. The highest BCUT2D eigenvalue weighted by molar-refractivity contribution is 5.70. The van der Waals surface area contributed by atoms with Crippen LogP contribution < -0.4 is 4.74 Å². The molecular formula is C23H32N8O3. The first-order valence-electron chi connectivity index (χ1n) is 11.8. The lowest BCUT2D eigenvalue weighted by molar-refractivity contribution is -0.143. The minimum Gasteiger partial charge on any atom is -0.489 e. The van der Waals surface area contributed by atoms with Crippen molar-refractivity contribution >= 4 is 5.97 Å². The normalized spacial score (nSPS) is 18.4. The van der Waals surface area contributed by atoms with E-state index in [1.165, 1.54) is 0 Å². The van der Waals surface area contributed by atoms with Crippen LogP contribution in [0, 0.1) is 18.8 Å². The Bertz CT molecular complexity index is 1140. The van der Waals surface area contributed by atoms with E-state index in [1.807, 2.05) is 26.1 Å². The molecule has 1 N–H and O–H groups in total. The molecule has 11 nitrogen and oxygen atoms in total. The number of pyridine rings is 1. The van der Waals surface area contributed by atoms with E-state index in [0.29, 0.717) is 42.4 Å². The maximum absolute atomic E-state index is 11.3. The number of carboxylic acid groups (broad SMARTS) is 1. The molecule has 0 aliphatic heterocycles. The Morgan fingerprint density at radius 1 is 1.24 bits per heavy atom. The van der Waals surface area contributed by atoms with Crippen molar-refractivity contribution < 1.29 is 14.6 Å². The summed E-state index contributed by atoms with van der Waals surface area (Å²) >= 11 is 0. The molecule has 0 saturated heterocycles. The molecule has 1 saturated carbocycles. The first kappa shape index (κ1) is 23.8. The molecule has 0 unspecified atom stereocenters. The second-order valence-electron chi connectivity index (χ2n) is 9.40. The summed E-state index contributed by atoms with van der Waals surface area (Å²) in [4.78, 5) is 17.6. The molecule has 1 fully saturated rings. The maximum atomic E-state index is 11.3. The summed E-state index contributed by atoms with van der Waals surface area (Å²) < 4.78 is 7.83. The monoisotopic (exact) mass is 468 g/mol. The molecule has 0 amide bonds. The number of aliphatic carboxylic acids is 1. The van der Waals surface area contributed by atoms with Gasteiger partial charge in [0.15, 0.2) is 5.82 Å². The number of aryl methyl sites for hydroxylation is 3. The summed E-state index contributed by atoms with van der Waals surface area (Å²) in [6, 6.07) is 3.73. The Balaban J connectivity index is 1.48. The van der Waals surface area contributed by atoms with Crippen LogP contribution in [0.3, 0.4) is 0 Å². The zero-order valence-corrected chi connectivity index (χ0v) is 20.2. The topological polar surface area (TPSA) is 134 Å². The SMILES string of the molecule is Cc1nc(-c2nnn(C)c2Cn2nnc(CCC(C)C)n2)ccc1O[C@H]1CCC[C@H](C(=O)O)C1. The van der Waals surface area contributed by atoms with E-state index in [1.54, 1.807) is 9.48 Å². The van der Waals surface area contributed by atoms with Gasteiger partial charge in [0, 0.05) is 13.5 Å². The van der Waals surface area contributed by atoms with Crippen LogP contribution >= 0.6 is 0 Å². The summed E-state index contributed by atoms with van der Waals surface area (Å²) in [6.45, 7) is 6.61. The zero-order chi connectivity index (χ0) is 24.2. The highest BCUT2D eigenvalue weighted by Gasteiger charge is 2.28. The number of nitrogens with zero attached hydrogens (tertiary/aromatic N) is 8. The Kier molecular flexibility index (Phi) is 7.18. The Labute approximate surface area is 198 Å². The van der Waals surface area contributed by atoms with Crippen molar-refractivity contribution in [2.75, 3.05) is 0 Å². The Morgan fingerprint density at radius 3 is 2.79 bits per heavy atom. The molecule has 0 radical (unpaired) electrons. The number of tetrazole rings is 1. The van der Waals surface area contributed by atoms with E-state index in [2.05, 4.69) is 39.6 Å². The molecule has 2 atom stereocenters. The Hall–Kier alpha value is -3.37. The van der Waals surface area contributed by atoms with E-state index < -0.39 is 5.97 Å². The molecule has 1 aliphatic carbocycles. The first-order valence-corrected chi connectivity index (χ1v) is 11.8. The lowest BCUT2D eigenvalue weighted by Gasteiger charge is -2.27. The van der Waals surface area contributed by atoms with Gasteiger partial charge in [0.1, 0.15) is 18.0 Å². The van der Waals surface area contributed by atoms with Gasteiger partial charge in [0.2, 0.25) is 0 Å². The molecule has 1 aliphatic rings. The summed E-state index contributed by atoms with van der Waals surface area (Å²) in [6.07, 6.45) is 4.63. The molecule has 0 aromatic carbocycles. The highest BCUT2D eigenvalue weighted by atomic mass is 16.5. The average Bonchev–Trinajstić information content (AvgIpc) is 3.41. The molecule has 0 bridgehead atoms. The van der Waals surface area contributed by atoms with Gasteiger partial charge in [0.05, 0.1) is 29.1 Å². The third-order valence-corrected chi connectivity index (χ3v) is 6.22. The standard InChI is InChI=1S/C23H32N8O3/c1-14(2)8-11-21-25-29-31(27-21)13-19-22(26-28-30(19)4)18-9-10-20(15(3)24-18)34-17-7-5-6-16(12-17)23(32)33/h9-10,14,16-17H,5-8,11-13H2,1-4H3,(H,32,33)/t16-,17-/m0/s1. The quantitative estimate of drug-likeness (QED) is 0.503. The fourth-order valence-electron chi connectivity index (χ4n) is 4.21. The van der Waals surface area contributed by atoms with Crippen molar-refractivity contribution in [3.8, 4) is 17.1 Å². The predicted octanol–water partition coefficient (Wildman–Crippen LogP) is 2.83. The van der Waals surface area contributed by atoms with Crippen LogP contribution in [0.2, 0.25) is 0 Å². The van der Waals surface area contributed by atoms with Crippen LogP contribution in [0.1, 0.15) is 63.2 Å². The van der Waals surface area contributed by atoms with Crippen LogP contribution in [0.25, 0.3) is 11.4 Å². The van der Waals surface area contributed by atoms with E-state index in [-0.39, 0.29) is 12.0 Å². The van der Waals surface area contributed by atoms with Crippen LogP contribution in [-0.2, 0) is 24.8 Å². The predicted molar refractivity (Wildman–Crippen MR) is 123 cm³/mol. The molecule has 182 valence electrons. The molecule has 3 aromatic rings. The smallest absolute Gasteiger partial charge is 0.306 e. The van der Waals surface area contributed by atoms with Crippen molar-refractivity contribution in [1.29, 1.82) is 0 Å². The fraction of sp³-hybridized carbons (Fsp3) is 0.609. The molecule has 4 rings (SSSR count). The Morgan fingerprint density at radius 2 is 2.06 bits per heavy atom. The van der Waals surface area contributed by atoms with Crippen molar-refractivity contribution in [3.63, 3.8) is 0 Å². The minimum absolute atomic E-state index is 0.114. The fourth-order valence-corrected chi connectivity index (χ4v) is 4.21.